The largest absolute Gasteiger partial charge is 0.335 e. The van der Waals surface area contributed by atoms with Crippen LogP contribution in [0.2, 0.25) is 10.0 Å². The zero-order valence-corrected chi connectivity index (χ0v) is 17.5. The molecule has 1 atom stereocenters. The highest BCUT2D eigenvalue weighted by Gasteiger charge is 2.22. The molecule has 0 spiro atoms. The second-order valence-corrected chi connectivity index (χ2v) is 7.67. The minimum absolute atomic E-state index is 0.0968. The number of halogens is 2. The second kappa shape index (κ2) is 7.93. The molecular formula is C21H16Cl2N4O3. The molecule has 1 unspecified atom stereocenters. The molecule has 0 fully saturated rings. The predicted molar refractivity (Wildman–Crippen MR) is 116 cm³/mol. The average Bonchev–Trinajstić information content (AvgIpc) is 3.16. The molecule has 0 bridgehead atoms. The monoisotopic (exact) mass is 442 g/mol. The summed E-state index contributed by atoms with van der Waals surface area (Å²) in [4.78, 5) is 30.1. The first-order chi connectivity index (χ1) is 14.3. The van der Waals surface area contributed by atoms with E-state index in [2.05, 4.69) is 15.5 Å². The van der Waals surface area contributed by atoms with Crippen LogP contribution in [-0.2, 0) is 4.79 Å². The minimum Gasteiger partial charge on any atom is -0.335 e. The third kappa shape index (κ3) is 3.69. The van der Waals surface area contributed by atoms with Gasteiger partial charge >= 0.3 is 0 Å². The number of hydrogen-bond donors (Lipinski definition) is 1. The zero-order chi connectivity index (χ0) is 21.4. The van der Waals surface area contributed by atoms with Crippen LogP contribution in [0.5, 0.6) is 0 Å². The van der Waals surface area contributed by atoms with E-state index in [1.165, 1.54) is 10.9 Å². The van der Waals surface area contributed by atoms with Gasteiger partial charge in [0.25, 0.3) is 11.3 Å². The number of rotatable bonds is 4. The molecule has 0 radical (unpaired) electrons. The quantitative estimate of drug-likeness (QED) is 0.486. The highest BCUT2D eigenvalue weighted by Crippen LogP contribution is 2.26. The molecule has 2 heterocycles. The van der Waals surface area contributed by atoms with E-state index in [-0.39, 0.29) is 17.0 Å². The standard InChI is InChI=1S/C21H16Cl2N4O3/c1-11-3-6-15(23)9-16(11)25-19(28)12(2)27-10-24-20-17(21(27)29)18(26-30-20)13-4-7-14(22)8-5-13/h3-10,12H,1-2H3,(H,25,28). The summed E-state index contributed by atoms with van der Waals surface area (Å²) in [5, 5.41) is 8.04. The topological polar surface area (TPSA) is 90.0 Å². The maximum atomic E-state index is 13.2. The van der Waals surface area contributed by atoms with E-state index in [9.17, 15) is 9.59 Å². The van der Waals surface area contributed by atoms with Gasteiger partial charge in [-0.3, -0.25) is 14.2 Å². The summed E-state index contributed by atoms with van der Waals surface area (Å²) in [5.74, 6) is -0.381. The van der Waals surface area contributed by atoms with E-state index >= 15 is 0 Å². The van der Waals surface area contributed by atoms with Gasteiger partial charge in [0.1, 0.15) is 23.4 Å². The number of carbonyl (C=O) groups excluding carboxylic acids is 1. The summed E-state index contributed by atoms with van der Waals surface area (Å²) in [6.07, 6.45) is 1.27. The van der Waals surface area contributed by atoms with Crippen molar-refractivity contribution in [3.8, 4) is 11.3 Å². The Kier molecular flexibility index (Phi) is 5.32. The van der Waals surface area contributed by atoms with Crippen LogP contribution in [0.15, 0.2) is 58.1 Å². The first kappa shape index (κ1) is 20.1. The molecule has 4 aromatic rings. The van der Waals surface area contributed by atoms with Crippen molar-refractivity contribution in [2.75, 3.05) is 5.32 Å². The fourth-order valence-electron chi connectivity index (χ4n) is 3.03. The van der Waals surface area contributed by atoms with Gasteiger partial charge in [-0.1, -0.05) is 46.6 Å². The van der Waals surface area contributed by atoms with Crippen LogP contribution in [0.4, 0.5) is 5.69 Å². The molecule has 0 aliphatic carbocycles. The summed E-state index contributed by atoms with van der Waals surface area (Å²) < 4.78 is 6.46. The maximum absolute atomic E-state index is 13.2. The lowest BCUT2D eigenvalue weighted by molar-refractivity contribution is -0.118. The Bertz CT molecular complexity index is 1310. The van der Waals surface area contributed by atoms with Gasteiger partial charge < -0.3 is 9.84 Å². The SMILES string of the molecule is Cc1ccc(Cl)cc1NC(=O)C(C)n1cnc2onc(-c3ccc(Cl)cc3)c2c1=O. The highest BCUT2D eigenvalue weighted by molar-refractivity contribution is 6.31. The van der Waals surface area contributed by atoms with Crippen molar-refractivity contribution in [3.05, 3.63) is 74.8 Å². The molecule has 1 N–H and O–H groups in total. The van der Waals surface area contributed by atoms with Crippen molar-refractivity contribution in [3.63, 3.8) is 0 Å². The van der Waals surface area contributed by atoms with Gasteiger partial charge in [0.2, 0.25) is 5.91 Å². The molecule has 152 valence electrons. The molecule has 7 nitrogen and oxygen atoms in total. The molecule has 2 aromatic carbocycles. The molecule has 1 amide bonds. The summed E-state index contributed by atoms with van der Waals surface area (Å²) in [6, 6.07) is 11.2. The number of nitrogens with zero attached hydrogens (tertiary/aromatic N) is 3. The van der Waals surface area contributed by atoms with Gasteiger partial charge in [-0.25, -0.2) is 4.98 Å². The average molecular weight is 443 g/mol. The number of carbonyl (C=O) groups is 1. The van der Waals surface area contributed by atoms with E-state index in [4.69, 9.17) is 27.7 Å². The van der Waals surface area contributed by atoms with Gasteiger partial charge in [0, 0.05) is 21.3 Å². The lowest BCUT2D eigenvalue weighted by atomic mass is 10.1. The van der Waals surface area contributed by atoms with Gasteiger partial charge in [0.15, 0.2) is 0 Å². The number of hydrogen-bond acceptors (Lipinski definition) is 5. The van der Waals surface area contributed by atoms with Crippen LogP contribution in [-0.4, -0.2) is 20.6 Å². The highest BCUT2D eigenvalue weighted by atomic mass is 35.5. The Morgan fingerprint density at radius 3 is 2.57 bits per heavy atom. The normalized spacial score (nSPS) is 12.1. The van der Waals surface area contributed by atoms with Crippen LogP contribution in [0.25, 0.3) is 22.4 Å². The third-order valence-corrected chi connectivity index (χ3v) is 5.28. The van der Waals surface area contributed by atoms with Crippen molar-refractivity contribution >= 4 is 45.9 Å². The molecule has 0 saturated heterocycles. The van der Waals surface area contributed by atoms with Crippen molar-refractivity contribution in [2.24, 2.45) is 0 Å². The van der Waals surface area contributed by atoms with E-state index < -0.39 is 11.6 Å². The van der Waals surface area contributed by atoms with Gasteiger partial charge in [-0.05, 0) is 43.7 Å². The number of nitrogens with one attached hydrogen (secondary N) is 1. The Morgan fingerprint density at radius 1 is 1.13 bits per heavy atom. The van der Waals surface area contributed by atoms with E-state index in [0.717, 1.165) is 5.56 Å². The Morgan fingerprint density at radius 2 is 1.83 bits per heavy atom. The number of aryl methyl sites for hydroxylation is 1. The van der Waals surface area contributed by atoms with Crippen LogP contribution in [0.1, 0.15) is 18.5 Å². The molecular weight excluding hydrogens is 427 g/mol. The Hall–Kier alpha value is -3.16. The Balaban J connectivity index is 1.72. The summed E-state index contributed by atoms with van der Waals surface area (Å²) in [6.45, 7) is 3.46. The molecule has 0 saturated carbocycles. The smallest absolute Gasteiger partial charge is 0.267 e. The van der Waals surface area contributed by atoms with E-state index in [1.807, 2.05) is 6.92 Å². The lowest BCUT2D eigenvalue weighted by Gasteiger charge is -2.16. The van der Waals surface area contributed by atoms with Crippen LogP contribution < -0.4 is 10.9 Å². The maximum Gasteiger partial charge on any atom is 0.267 e. The molecule has 0 aliphatic heterocycles. The first-order valence-corrected chi connectivity index (χ1v) is 9.80. The van der Waals surface area contributed by atoms with Crippen molar-refractivity contribution in [1.29, 1.82) is 0 Å². The van der Waals surface area contributed by atoms with E-state index in [1.54, 1.807) is 49.4 Å². The van der Waals surface area contributed by atoms with Gasteiger partial charge in [-0.2, -0.15) is 0 Å². The summed E-state index contributed by atoms with van der Waals surface area (Å²) >= 11 is 12.0. The number of benzene rings is 2. The zero-order valence-electron chi connectivity index (χ0n) is 16.0. The van der Waals surface area contributed by atoms with Crippen molar-refractivity contribution in [1.82, 2.24) is 14.7 Å². The number of fused-ring (bicyclic) bond motifs is 1. The molecule has 30 heavy (non-hydrogen) atoms. The molecule has 9 heteroatoms. The fourth-order valence-corrected chi connectivity index (χ4v) is 3.33. The van der Waals surface area contributed by atoms with Crippen LogP contribution >= 0.6 is 23.2 Å². The Labute approximate surface area is 181 Å². The number of anilines is 1. The van der Waals surface area contributed by atoms with E-state index in [0.29, 0.717) is 27.0 Å². The molecule has 2 aromatic heterocycles. The van der Waals surface area contributed by atoms with Crippen LogP contribution in [0.3, 0.4) is 0 Å². The summed E-state index contributed by atoms with van der Waals surface area (Å²) in [7, 11) is 0. The minimum atomic E-state index is -0.833. The van der Waals surface area contributed by atoms with Crippen molar-refractivity contribution < 1.29 is 9.32 Å². The third-order valence-electron chi connectivity index (χ3n) is 4.79. The van der Waals surface area contributed by atoms with Gasteiger partial charge in [-0.15, -0.1) is 0 Å². The lowest BCUT2D eigenvalue weighted by Crippen LogP contribution is -2.32. The van der Waals surface area contributed by atoms with Crippen LogP contribution in [0, 0.1) is 6.92 Å². The van der Waals surface area contributed by atoms with Gasteiger partial charge in [0.05, 0.1) is 0 Å². The molecule has 0 aliphatic rings. The summed E-state index contributed by atoms with van der Waals surface area (Å²) in [5.41, 5.74) is 2.09. The second-order valence-electron chi connectivity index (χ2n) is 6.80. The van der Waals surface area contributed by atoms with Crippen molar-refractivity contribution in [2.45, 2.75) is 19.9 Å². The first-order valence-electron chi connectivity index (χ1n) is 9.04. The number of aromatic nitrogens is 3. The number of amides is 1. The fraction of sp³-hybridized carbons (Fsp3) is 0.143. The molecule has 4 rings (SSSR count). The predicted octanol–water partition coefficient (Wildman–Crippen LogP) is 4.87.